The molecule has 1 aromatic carbocycles. The van der Waals surface area contributed by atoms with Crippen molar-refractivity contribution in [1.29, 1.82) is 0 Å². The number of nitrogens with one attached hydrogen (secondary N) is 1. The Balaban J connectivity index is 1.89. The van der Waals surface area contributed by atoms with Crippen molar-refractivity contribution < 1.29 is 0 Å². The van der Waals surface area contributed by atoms with E-state index in [0.717, 1.165) is 25.6 Å². The Hall–Kier alpha value is -0.860. The lowest BCUT2D eigenvalue weighted by Gasteiger charge is -2.14. The van der Waals surface area contributed by atoms with Crippen molar-refractivity contribution in [1.82, 2.24) is 10.2 Å². The Morgan fingerprint density at radius 3 is 2.50 bits per heavy atom. The van der Waals surface area contributed by atoms with E-state index in [0.29, 0.717) is 0 Å². The minimum Gasteiger partial charge on any atom is -0.314 e. The summed E-state index contributed by atoms with van der Waals surface area (Å²) in [6, 6.07) is 9.60. The summed E-state index contributed by atoms with van der Waals surface area (Å²) in [5.41, 5.74) is 2.95. The standard InChI is InChI=1S/C14H22N2/c1-16(2)11-13-6-4-3-5-12(13)9-10-15-14-7-8-14/h3-6,14-15H,7-11H2,1-2H3. The first-order chi connectivity index (χ1) is 7.75. The summed E-state index contributed by atoms with van der Waals surface area (Å²) >= 11 is 0. The summed E-state index contributed by atoms with van der Waals surface area (Å²) in [6.07, 6.45) is 3.90. The van der Waals surface area contributed by atoms with Gasteiger partial charge >= 0.3 is 0 Å². The predicted octanol–water partition coefficient (Wildman–Crippen LogP) is 2.04. The van der Waals surface area contributed by atoms with Crippen molar-refractivity contribution in [2.75, 3.05) is 20.6 Å². The van der Waals surface area contributed by atoms with Crippen molar-refractivity contribution in [3.63, 3.8) is 0 Å². The fourth-order valence-corrected chi connectivity index (χ4v) is 1.99. The van der Waals surface area contributed by atoms with Crippen molar-refractivity contribution >= 4 is 0 Å². The quantitative estimate of drug-likeness (QED) is 0.786. The lowest BCUT2D eigenvalue weighted by atomic mass is 10.0. The molecule has 1 aliphatic carbocycles. The van der Waals surface area contributed by atoms with Crippen LogP contribution >= 0.6 is 0 Å². The van der Waals surface area contributed by atoms with Crippen molar-refractivity contribution in [2.24, 2.45) is 0 Å². The molecule has 1 aliphatic rings. The maximum atomic E-state index is 3.57. The number of hydrogen-bond donors (Lipinski definition) is 1. The Kier molecular flexibility index (Phi) is 3.97. The molecule has 0 spiro atoms. The van der Waals surface area contributed by atoms with Crippen LogP contribution in [-0.2, 0) is 13.0 Å². The third-order valence-corrected chi connectivity index (χ3v) is 3.01. The summed E-state index contributed by atoms with van der Waals surface area (Å²) in [6.45, 7) is 2.16. The highest BCUT2D eigenvalue weighted by atomic mass is 15.0. The molecule has 2 nitrogen and oxygen atoms in total. The first kappa shape index (κ1) is 11.6. The van der Waals surface area contributed by atoms with Crippen LogP contribution in [0.4, 0.5) is 0 Å². The highest BCUT2D eigenvalue weighted by molar-refractivity contribution is 5.27. The molecular formula is C14H22N2. The lowest BCUT2D eigenvalue weighted by molar-refractivity contribution is 0.400. The maximum absolute atomic E-state index is 3.57. The van der Waals surface area contributed by atoms with E-state index >= 15 is 0 Å². The summed E-state index contributed by atoms with van der Waals surface area (Å²) in [5.74, 6) is 0. The van der Waals surface area contributed by atoms with E-state index in [1.54, 1.807) is 0 Å². The van der Waals surface area contributed by atoms with Crippen molar-refractivity contribution in [3.8, 4) is 0 Å². The fraction of sp³-hybridized carbons (Fsp3) is 0.571. The molecule has 1 N–H and O–H groups in total. The number of nitrogens with zero attached hydrogens (tertiary/aromatic N) is 1. The highest BCUT2D eigenvalue weighted by Crippen LogP contribution is 2.18. The van der Waals surface area contributed by atoms with E-state index in [2.05, 4.69) is 48.6 Å². The molecule has 0 aliphatic heterocycles. The molecule has 0 bridgehead atoms. The van der Waals surface area contributed by atoms with E-state index in [4.69, 9.17) is 0 Å². The van der Waals surface area contributed by atoms with Gasteiger partial charge in [0, 0.05) is 12.6 Å². The van der Waals surface area contributed by atoms with Crippen molar-refractivity contribution in [2.45, 2.75) is 31.8 Å². The smallest absolute Gasteiger partial charge is 0.0230 e. The molecule has 0 heterocycles. The fourth-order valence-electron chi connectivity index (χ4n) is 1.99. The molecule has 0 aromatic heterocycles. The maximum Gasteiger partial charge on any atom is 0.0230 e. The first-order valence-electron chi connectivity index (χ1n) is 6.20. The lowest BCUT2D eigenvalue weighted by Crippen LogP contribution is -2.20. The van der Waals surface area contributed by atoms with Crippen LogP contribution in [-0.4, -0.2) is 31.6 Å². The molecule has 1 saturated carbocycles. The van der Waals surface area contributed by atoms with Gasteiger partial charge in [0.15, 0.2) is 0 Å². The molecule has 2 heteroatoms. The van der Waals surface area contributed by atoms with Crippen LogP contribution in [0.25, 0.3) is 0 Å². The van der Waals surface area contributed by atoms with Crippen LogP contribution in [0.2, 0.25) is 0 Å². The van der Waals surface area contributed by atoms with Gasteiger partial charge in [-0.15, -0.1) is 0 Å². The zero-order valence-corrected chi connectivity index (χ0v) is 10.4. The molecule has 16 heavy (non-hydrogen) atoms. The van der Waals surface area contributed by atoms with Gasteiger partial charge in [0.2, 0.25) is 0 Å². The van der Waals surface area contributed by atoms with Gasteiger partial charge < -0.3 is 10.2 Å². The second-order valence-corrected chi connectivity index (χ2v) is 4.98. The largest absolute Gasteiger partial charge is 0.314 e. The number of hydrogen-bond acceptors (Lipinski definition) is 2. The van der Waals surface area contributed by atoms with E-state index in [-0.39, 0.29) is 0 Å². The third kappa shape index (κ3) is 3.62. The predicted molar refractivity (Wildman–Crippen MR) is 68.6 cm³/mol. The highest BCUT2D eigenvalue weighted by Gasteiger charge is 2.19. The SMILES string of the molecule is CN(C)Cc1ccccc1CCNC1CC1. The molecule has 0 saturated heterocycles. The normalized spacial score (nSPS) is 15.7. The molecule has 0 radical (unpaired) electrons. The van der Waals surface area contributed by atoms with E-state index < -0.39 is 0 Å². The van der Waals surface area contributed by atoms with Gasteiger partial charge in [0.1, 0.15) is 0 Å². The van der Waals surface area contributed by atoms with Crippen LogP contribution < -0.4 is 5.32 Å². The van der Waals surface area contributed by atoms with Gasteiger partial charge in [-0.05, 0) is 51.0 Å². The van der Waals surface area contributed by atoms with Crippen LogP contribution in [0.15, 0.2) is 24.3 Å². The van der Waals surface area contributed by atoms with Gasteiger partial charge in [-0.25, -0.2) is 0 Å². The Morgan fingerprint density at radius 2 is 1.88 bits per heavy atom. The summed E-state index contributed by atoms with van der Waals surface area (Å²) < 4.78 is 0. The van der Waals surface area contributed by atoms with E-state index in [9.17, 15) is 0 Å². The molecule has 2 rings (SSSR count). The van der Waals surface area contributed by atoms with Gasteiger partial charge in [-0.2, -0.15) is 0 Å². The molecule has 0 atom stereocenters. The second kappa shape index (κ2) is 5.46. The van der Waals surface area contributed by atoms with E-state index in [1.165, 1.54) is 24.0 Å². The molecular weight excluding hydrogens is 196 g/mol. The Bertz CT molecular complexity index is 329. The first-order valence-corrected chi connectivity index (χ1v) is 6.20. The topological polar surface area (TPSA) is 15.3 Å². The zero-order valence-electron chi connectivity index (χ0n) is 10.4. The molecule has 1 fully saturated rings. The van der Waals surface area contributed by atoms with E-state index in [1.807, 2.05) is 0 Å². The average molecular weight is 218 g/mol. The van der Waals surface area contributed by atoms with Crippen LogP contribution in [0, 0.1) is 0 Å². The van der Waals surface area contributed by atoms with Crippen LogP contribution in [0.1, 0.15) is 24.0 Å². The average Bonchev–Trinajstić information content (AvgIpc) is 3.04. The van der Waals surface area contributed by atoms with Crippen LogP contribution in [0.5, 0.6) is 0 Å². The second-order valence-electron chi connectivity index (χ2n) is 4.98. The van der Waals surface area contributed by atoms with Gasteiger partial charge in [0.25, 0.3) is 0 Å². The Labute approximate surface area is 98.7 Å². The Morgan fingerprint density at radius 1 is 1.19 bits per heavy atom. The minimum atomic E-state index is 0.820. The third-order valence-electron chi connectivity index (χ3n) is 3.01. The monoisotopic (exact) mass is 218 g/mol. The van der Waals surface area contributed by atoms with Gasteiger partial charge in [-0.3, -0.25) is 0 Å². The summed E-state index contributed by atoms with van der Waals surface area (Å²) in [7, 11) is 4.25. The summed E-state index contributed by atoms with van der Waals surface area (Å²) in [5, 5.41) is 3.57. The number of benzene rings is 1. The molecule has 0 unspecified atom stereocenters. The van der Waals surface area contributed by atoms with Crippen molar-refractivity contribution in [3.05, 3.63) is 35.4 Å². The number of rotatable bonds is 6. The molecule has 1 aromatic rings. The van der Waals surface area contributed by atoms with Gasteiger partial charge in [0.05, 0.1) is 0 Å². The minimum absolute atomic E-state index is 0.820. The van der Waals surface area contributed by atoms with Gasteiger partial charge in [-0.1, -0.05) is 24.3 Å². The molecule has 88 valence electrons. The van der Waals surface area contributed by atoms with Crippen LogP contribution in [0.3, 0.4) is 0 Å². The molecule has 0 amide bonds. The summed E-state index contributed by atoms with van der Waals surface area (Å²) in [4.78, 5) is 2.23. The zero-order chi connectivity index (χ0) is 11.4.